The van der Waals surface area contributed by atoms with E-state index in [-0.39, 0.29) is 11.9 Å². The normalized spacial score (nSPS) is 28.9. The maximum atomic E-state index is 12.3. The lowest BCUT2D eigenvalue weighted by Crippen LogP contribution is -2.48. The second-order valence-corrected chi connectivity index (χ2v) is 6.44. The molecule has 108 valence electrons. The van der Waals surface area contributed by atoms with Gasteiger partial charge in [0.1, 0.15) is 0 Å². The van der Waals surface area contributed by atoms with Gasteiger partial charge in [0, 0.05) is 13.1 Å². The van der Waals surface area contributed by atoms with Crippen LogP contribution in [0.2, 0.25) is 0 Å². The molecular weight excluding hydrogens is 248 g/mol. The predicted molar refractivity (Wildman–Crippen MR) is 80.3 cm³/mol. The van der Waals surface area contributed by atoms with Crippen LogP contribution in [0, 0.1) is 11.8 Å². The van der Waals surface area contributed by atoms with E-state index in [2.05, 4.69) is 41.8 Å². The summed E-state index contributed by atoms with van der Waals surface area (Å²) in [6, 6.07) is 8.32. The quantitative estimate of drug-likeness (QED) is 0.886. The van der Waals surface area contributed by atoms with Crippen molar-refractivity contribution in [3.8, 4) is 0 Å². The molecule has 0 aromatic heterocycles. The summed E-state index contributed by atoms with van der Waals surface area (Å²) in [6.07, 6.45) is 4.66. The van der Waals surface area contributed by atoms with E-state index >= 15 is 0 Å². The van der Waals surface area contributed by atoms with Crippen LogP contribution in [0.5, 0.6) is 0 Å². The average Bonchev–Trinajstić information content (AvgIpc) is 2.90. The minimum atomic E-state index is -0.0660. The van der Waals surface area contributed by atoms with Crippen LogP contribution in [-0.4, -0.2) is 18.5 Å². The van der Waals surface area contributed by atoms with Crippen LogP contribution >= 0.6 is 0 Å². The second kappa shape index (κ2) is 5.96. The molecule has 3 rings (SSSR count). The summed E-state index contributed by atoms with van der Waals surface area (Å²) in [5.41, 5.74) is 2.63. The van der Waals surface area contributed by atoms with E-state index in [4.69, 9.17) is 0 Å². The molecular formula is C17H24N2O. The zero-order chi connectivity index (χ0) is 13.9. The third-order valence-corrected chi connectivity index (χ3v) is 4.77. The van der Waals surface area contributed by atoms with E-state index in [0.29, 0.717) is 5.92 Å². The molecule has 1 fully saturated rings. The molecule has 3 nitrogen and oxygen atoms in total. The van der Waals surface area contributed by atoms with Gasteiger partial charge in [-0.15, -0.1) is 0 Å². The summed E-state index contributed by atoms with van der Waals surface area (Å²) < 4.78 is 0. The SMILES string of the molecule is CC1CCC(CNC(=O)C2Cc3ccccc3CN2)C1. The van der Waals surface area contributed by atoms with Crippen molar-refractivity contribution in [2.75, 3.05) is 6.54 Å². The van der Waals surface area contributed by atoms with E-state index in [0.717, 1.165) is 25.4 Å². The fourth-order valence-electron chi connectivity index (χ4n) is 3.52. The van der Waals surface area contributed by atoms with Crippen molar-refractivity contribution in [3.63, 3.8) is 0 Å². The largest absolute Gasteiger partial charge is 0.354 e. The molecule has 0 saturated heterocycles. The Morgan fingerprint density at radius 3 is 2.85 bits per heavy atom. The lowest BCUT2D eigenvalue weighted by atomic mass is 9.95. The van der Waals surface area contributed by atoms with Gasteiger partial charge in [0.25, 0.3) is 0 Å². The van der Waals surface area contributed by atoms with Crippen LogP contribution in [-0.2, 0) is 17.8 Å². The zero-order valence-corrected chi connectivity index (χ0v) is 12.2. The molecule has 1 aliphatic carbocycles. The molecule has 2 N–H and O–H groups in total. The molecule has 20 heavy (non-hydrogen) atoms. The van der Waals surface area contributed by atoms with Gasteiger partial charge in [-0.1, -0.05) is 37.6 Å². The predicted octanol–water partition coefficient (Wildman–Crippen LogP) is 2.25. The molecule has 3 unspecified atom stereocenters. The van der Waals surface area contributed by atoms with Gasteiger partial charge in [0.15, 0.2) is 0 Å². The Balaban J connectivity index is 1.51. The second-order valence-electron chi connectivity index (χ2n) is 6.44. The van der Waals surface area contributed by atoms with Crippen LogP contribution < -0.4 is 10.6 Å². The summed E-state index contributed by atoms with van der Waals surface area (Å²) >= 11 is 0. The van der Waals surface area contributed by atoms with Gasteiger partial charge in [-0.25, -0.2) is 0 Å². The Labute approximate surface area is 121 Å². The summed E-state index contributed by atoms with van der Waals surface area (Å²) in [7, 11) is 0. The maximum Gasteiger partial charge on any atom is 0.237 e. The Morgan fingerprint density at radius 2 is 2.10 bits per heavy atom. The summed E-state index contributed by atoms with van der Waals surface area (Å²) in [6.45, 7) is 3.96. The molecule has 3 atom stereocenters. The Hall–Kier alpha value is -1.35. The van der Waals surface area contributed by atoms with Crippen molar-refractivity contribution in [2.24, 2.45) is 11.8 Å². The third kappa shape index (κ3) is 3.04. The molecule has 3 heteroatoms. The van der Waals surface area contributed by atoms with E-state index in [1.54, 1.807) is 0 Å². The van der Waals surface area contributed by atoms with Gasteiger partial charge in [-0.05, 0) is 42.2 Å². The van der Waals surface area contributed by atoms with Crippen LogP contribution in [0.4, 0.5) is 0 Å². The van der Waals surface area contributed by atoms with E-state index < -0.39 is 0 Å². The van der Waals surface area contributed by atoms with Crippen molar-refractivity contribution >= 4 is 5.91 Å². The van der Waals surface area contributed by atoms with Crippen LogP contribution in [0.3, 0.4) is 0 Å². The monoisotopic (exact) mass is 272 g/mol. The van der Waals surface area contributed by atoms with Crippen LogP contribution in [0.15, 0.2) is 24.3 Å². The number of rotatable bonds is 3. The number of nitrogens with one attached hydrogen (secondary N) is 2. The third-order valence-electron chi connectivity index (χ3n) is 4.77. The van der Waals surface area contributed by atoms with Crippen molar-refractivity contribution in [2.45, 2.75) is 45.2 Å². The first-order valence-corrected chi connectivity index (χ1v) is 7.80. The minimum absolute atomic E-state index is 0.0660. The number of hydrogen-bond acceptors (Lipinski definition) is 2. The number of carbonyl (C=O) groups excluding carboxylic acids is 1. The van der Waals surface area contributed by atoms with Crippen molar-refractivity contribution in [1.29, 1.82) is 0 Å². The number of carbonyl (C=O) groups is 1. The molecule has 1 saturated carbocycles. The van der Waals surface area contributed by atoms with Crippen molar-refractivity contribution in [1.82, 2.24) is 10.6 Å². The maximum absolute atomic E-state index is 12.3. The van der Waals surface area contributed by atoms with Gasteiger partial charge in [0.2, 0.25) is 5.91 Å². The summed E-state index contributed by atoms with van der Waals surface area (Å²) in [4.78, 5) is 12.3. The molecule has 1 aromatic rings. The summed E-state index contributed by atoms with van der Waals surface area (Å²) in [5.74, 6) is 1.68. The average molecular weight is 272 g/mol. The molecule has 0 radical (unpaired) electrons. The number of amides is 1. The van der Waals surface area contributed by atoms with Gasteiger partial charge < -0.3 is 10.6 Å². The highest BCUT2D eigenvalue weighted by molar-refractivity contribution is 5.82. The van der Waals surface area contributed by atoms with Gasteiger partial charge in [0.05, 0.1) is 6.04 Å². The number of benzene rings is 1. The lowest BCUT2D eigenvalue weighted by Gasteiger charge is -2.25. The fraction of sp³-hybridized carbons (Fsp3) is 0.588. The molecule has 0 spiro atoms. The van der Waals surface area contributed by atoms with E-state index in [1.165, 1.54) is 30.4 Å². The first kappa shape index (κ1) is 13.6. The van der Waals surface area contributed by atoms with E-state index in [9.17, 15) is 4.79 Å². The first-order chi connectivity index (χ1) is 9.72. The fourth-order valence-corrected chi connectivity index (χ4v) is 3.52. The summed E-state index contributed by atoms with van der Waals surface area (Å²) in [5, 5.41) is 6.49. The molecule has 2 aliphatic rings. The standard InChI is InChI=1S/C17H24N2O/c1-12-6-7-13(8-12)10-19-17(20)16-9-14-4-2-3-5-15(14)11-18-16/h2-5,12-13,16,18H,6-11H2,1H3,(H,19,20). The highest BCUT2D eigenvalue weighted by Crippen LogP contribution is 2.29. The van der Waals surface area contributed by atoms with Crippen LogP contribution in [0.25, 0.3) is 0 Å². The highest BCUT2D eigenvalue weighted by Gasteiger charge is 2.26. The van der Waals surface area contributed by atoms with E-state index in [1.807, 2.05) is 0 Å². The molecule has 1 heterocycles. The van der Waals surface area contributed by atoms with Crippen LogP contribution in [0.1, 0.15) is 37.3 Å². The minimum Gasteiger partial charge on any atom is -0.354 e. The topological polar surface area (TPSA) is 41.1 Å². The Morgan fingerprint density at radius 1 is 1.30 bits per heavy atom. The van der Waals surface area contributed by atoms with Gasteiger partial charge in [-0.2, -0.15) is 0 Å². The van der Waals surface area contributed by atoms with Gasteiger partial charge >= 0.3 is 0 Å². The van der Waals surface area contributed by atoms with Crippen molar-refractivity contribution < 1.29 is 4.79 Å². The number of fused-ring (bicyclic) bond motifs is 1. The first-order valence-electron chi connectivity index (χ1n) is 7.80. The molecule has 1 aromatic carbocycles. The number of hydrogen-bond donors (Lipinski definition) is 2. The molecule has 0 bridgehead atoms. The smallest absolute Gasteiger partial charge is 0.237 e. The lowest BCUT2D eigenvalue weighted by molar-refractivity contribution is -0.123. The zero-order valence-electron chi connectivity index (χ0n) is 12.2. The van der Waals surface area contributed by atoms with Gasteiger partial charge in [-0.3, -0.25) is 4.79 Å². The highest BCUT2D eigenvalue weighted by atomic mass is 16.2. The molecule has 1 amide bonds. The van der Waals surface area contributed by atoms with Crippen molar-refractivity contribution in [3.05, 3.63) is 35.4 Å². The Bertz CT molecular complexity index is 486. The molecule has 1 aliphatic heterocycles. The Kier molecular flexibility index (Phi) is 4.06.